The van der Waals surface area contributed by atoms with Gasteiger partial charge in [0.25, 0.3) is 0 Å². The number of fused-ring (bicyclic) bond motifs is 13. The molecule has 0 saturated carbocycles. The third kappa shape index (κ3) is 3.16. The Balaban J connectivity index is 1.27. The monoisotopic (exact) mass is 604 g/mol. The van der Waals surface area contributed by atoms with Crippen LogP contribution < -0.4 is 0 Å². The summed E-state index contributed by atoms with van der Waals surface area (Å²) in [6.07, 6.45) is 0. The van der Waals surface area contributed by atoms with Crippen molar-refractivity contribution in [1.29, 1.82) is 0 Å². The molecule has 4 heteroatoms. The van der Waals surface area contributed by atoms with Gasteiger partial charge in [-0.2, -0.15) is 0 Å². The summed E-state index contributed by atoms with van der Waals surface area (Å²) >= 11 is 1.86. The molecule has 0 saturated heterocycles. The second kappa shape index (κ2) is 8.87. The maximum absolute atomic E-state index is 6.38. The highest BCUT2D eigenvalue weighted by atomic mass is 32.1. The second-order valence-electron chi connectivity index (χ2n) is 12.1. The summed E-state index contributed by atoms with van der Waals surface area (Å²) in [4.78, 5) is 0. The number of benzene rings is 7. The van der Waals surface area contributed by atoms with E-state index >= 15 is 0 Å². The molecule has 46 heavy (non-hydrogen) atoms. The molecule has 0 spiro atoms. The van der Waals surface area contributed by atoms with Crippen LogP contribution in [-0.2, 0) is 0 Å². The van der Waals surface area contributed by atoms with E-state index in [1.807, 2.05) is 23.5 Å². The Bertz CT molecular complexity index is 3040. The van der Waals surface area contributed by atoms with E-state index in [0.717, 1.165) is 27.6 Å². The Hall–Kier alpha value is -5.84. The van der Waals surface area contributed by atoms with E-state index in [-0.39, 0.29) is 0 Å². The Morgan fingerprint density at radius 1 is 0.391 bits per heavy atom. The molecule has 0 fully saturated rings. The summed E-state index contributed by atoms with van der Waals surface area (Å²) in [6.45, 7) is 0. The number of hydrogen-bond donors (Lipinski definition) is 0. The third-order valence-corrected chi connectivity index (χ3v) is 10.9. The van der Waals surface area contributed by atoms with Gasteiger partial charge in [0.05, 0.1) is 22.1 Å². The lowest BCUT2D eigenvalue weighted by atomic mass is 10.1. The summed E-state index contributed by atoms with van der Waals surface area (Å²) < 4.78 is 13.9. The predicted octanol–water partition coefficient (Wildman–Crippen LogP) is 12.1. The van der Waals surface area contributed by atoms with Crippen LogP contribution in [0.15, 0.2) is 150 Å². The van der Waals surface area contributed by atoms with Gasteiger partial charge >= 0.3 is 0 Å². The summed E-state index contributed by atoms with van der Waals surface area (Å²) in [5, 5.41) is 9.89. The number of rotatable bonds is 2. The summed E-state index contributed by atoms with van der Waals surface area (Å²) in [7, 11) is 0. The fourth-order valence-electron chi connectivity index (χ4n) is 7.76. The minimum absolute atomic E-state index is 0.899. The van der Waals surface area contributed by atoms with E-state index in [2.05, 4.69) is 143 Å². The van der Waals surface area contributed by atoms with Crippen molar-refractivity contribution in [2.45, 2.75) is 0 Å². The molecule has 0 atom stereocenters. The molecule has 214 valence electrons. The van der Waals surface area contributed by atoms with Crippen LogP contribution >= 0.6 is 11.3 Å². The molecule has 11 rings (SSSR count). The van der Waals surface area contributed by atoms with E-state index < -0.39 is 0 Å². The first-order chi connectivity index (χ1) is 22.8. The van der Waals surface area contributed by atoms with E-state index in [1.165, 1.54) is 69.5 Å². The van der Waals surface area contributed by atoms with Crippen LogP contribution in [0.2, 0.25) is 0 Å². The Morgan fingerprint density at radius 2 is 1.02 bits per heavy atom. The molecule has 0 radical (unpaired) electrons. The van der Waals surface area contributed by atoms with E-state index in [9.17, 15) is 0 Å². The molecule has 4 aromatic heterocycles. The van der Waals surface area contributed by atoms with Crippen LogP contribution in [0.5, 0.6) is 0 Å². The van der Waals surface area contributed by atoms with Gasteiger partial charge in [0.1, 0.15) is 11.2 Å². The molecule has 0 bridgehead atoms. The largest absolute Gasteiger partial charge is 0.456 e. The molecule has 11 aromatic rings. The van der Waals surface area contributed by atoms with E-state index in [0.29, 0.717) is 0 Å². The first kappa shape index (κ1) is 24.5. The lowest BCUT2D eigenvalue weighted by molar-refractivity contribution is 0.668. The fraction of sp³-hybridized carbons (Fsp3) is 0. The normalized spacial score (nSPS) is 12.3. The van der Waals surface area contributed by atoms with Crippen molar-refractivity contribution in [2.75, 3.05) is 0 Å². The molecule has 0 aliphatic rings. The van der Waals surface area contributed by atoms with E-state index in [4.69, 9.17) is 4.42 Å². The first-order valence-corrected chi connectivity index (χ1v) is 16.4. The number of hydrogen-bond acceptors (Lipinski definition) is 2. The lowest BCUT2D eigenvalue weighted by Gasteiger charge is -2.10. The van der Waals surface area contributed by atoms with Crippen molar-refractivity contribution in [3.8, 4) is 11.4 Å². The molecular formula is C42H24N2OS. The van der Waals surface area contributed by atoms with Gasteiger partial charge in [-0.25, -0.2) is 0 Å². The van der Waals surface area contributed by atoms with Crippen molar-refractivity contribution in [2.24, 2.45) is 0 Å². The van der Waals surface area contributed by atoms with Gasteiger partial charge in [0, 0.05) is 69.9 Å². The minimum atomic E-state index is 0.899. The summed E-state index contributed by atoms with van der Waals surface area (Å²) in [5.74, 6) is 0. The van der Waals surface area contributed by atoms with E-state index in [1.54, 1.807) is 0 Å². The zero-order chi connectivity index (χ0) is 29.9. The minimum Gasteiger partial charge on any atom is -0.456 e. The van der Waals surface area contributed by atoms with Gasteiger partial charge < -0.3 is 13.6 Å². The molecular weight excluding hydrogens is 581 g/mol. The molecule has 0 N–H and O–H groups in total. The Labute approximate surface area is 266 Å². The van der Waals surface area contributed by atoms with Gasteiger partial charge in [-0.05, 0) is 60.7 Å². The standard InChI is InChI=1S/C42H24N2OS/c1-5-13-34-27(9-1)31-20-21-36-41(42(31)44(34)26-17-19-29-28-10-3-7-15-37(28)45-38(29)24-26)32-12-2-6-14-35(32)43(36)25-18-22-40-33(23-25)30-11-4-8-16-39(30)46-40/h1-24H. The highest BCUT2D eigenvalue weighted by molar-refractivity contribution is 7.25. The molecule has 4 heterocycles. The van der Waals surface area contributed by atoms with Crippen molar-refractivity contribution in [3.05, 3.63) is 146 Å². The molecule has 0 amide bonds. The van der Waals surface area contributed by atoms with Crippen LogP contribution in [0.3, 0.4) is 0 Å². The molecule has 7 aromatic carbocycles. The second-order valence-corrected chi connectivity index (χ2v) is 13.2. The van der Waals surface area contributed by atoms with Gasteiger partial charge in [0.15, 0.2) is 0 Å². The maximum Gasteiger partial charge on any atom is 0.137 e. The van der Waals surface area contributed by atoms with Gasteiger partial charge in [-0.15, -0.1) is 11.3 Å². The van der Waals surface area contributed by atoms with Gasteiger partial charge in [-0.1, -0.05) is 78.9 Å². The molecule has 0 unspecified atom stereocenters. The van der Waals surface area contributed by atoms with Crippen molar-refractivity contribution >= 4 is 97.1 Å². The van der Waals surface area contributed by atoms with Crippen molar-refractivity contribution < 1.29 is 4.42 Å². The van der Waals surface area contributed by atoms with Crippen molar-refractivity contribution in [1.82, 2.24) is 9.13 Å². The molecule has 3 nitrogen and oxygen atoms in total. The third-order valence-electron chi connectivity index (χ3n) is 9.71. The number of furan rings is 1. The summed E-state index contributed by atoms with van der Waals surface area (Å²) in [5.41, 5.74) is 8.87. The Kier molecular flexibility index (Phi) is 4.72. The highest BCUT2D eigenvalue weighted by Gasteiger charge is 2.21. The molecule has 0 aliphatic heterocycles. The smallest absolute Gasteiger partial charge is 0.137 e. The quantitative estimate of drug-likeness (QED) is 0.192. The summed E-state index contributed by atoms with van der Waals surface area (Å²) in [6, 6.07) is 52.8. The first-order valence-electron chi connectivity index (χ1n) is 15.6. The zero-order valence-corrected chi connectivity index (χ0v) is 25.4. The van der Waals surface area contributed by atoms with Crippen LogP contribution in [0, 0.1) is 0 Å². The van der Waals surface area contributed by atoms with Crippen LogP contribution in [0.4, 0.5) is 0 Å². The molecule has 0 aliphatic carbocycles. The lowest BCUT2D eigenvalue weighted by Crippen LogP contribution is -1.95. The van der Waals surface area contributed by atoms with Gasteiger partial charge in [-0.3, -0.25) is 0 Å². The van der Waals surface area contributed by atoms with Gasteiger partial charge in [0.2, 0.25) is 0 Å². The number of thiophene rings is 1. The average Bonchev–Trinajstić information content (AvgIpc) is 3.85. The topological polar surface area (TPSA) is 23.0 Å². The fourth-order valence-corrected chi connectivity index (χ4v) is 8.85. The highest BCUT2D eigenvalue weighted by Crippen LogP contribution is 2.43. The maximum atomic E-state index is 6.38. The number of nitrogens with zero attached hydrogens (tertiary/aromatic N) is 2. The van der Waals surface area contributed by atoms with Crippen LogP contribution in [-0.4, -0.2) is 9.13 Å². The van der Waals surface area contributed by atoms with Crippen LogP contribution in [0.25, 0.3) is 97.1 Å². The Morgan fingerprint density at radius 3 is 1.91 bits per heavy atom. The average molecular weight is 605 g/mol. The number of para-hydroxylation sites is 3. The number of aromatic nitrogens is 2. The zero-order valence-electron chi connectivity index (χ0n) is 24.6. The SMILES string of the molecule is c1ccc2c(c1)oc1cc(-n3c4ccccc4c4ccc5c(c6ccccc6n5-c5ccc6sc7ccccc7c6c5)c43)ccc12. The van der Waals surface area contributed by atoms with Crippen molar-refractivity contribution in [3.63, 3.8) is 0 Å². The predicted molar refractivity (Wildman–Crippen MR) is 195 cm³/mol. The van der Waals surface area contributed by atoms with Crippen LogP contribution in [0.1, 0.15) is 0 Å².